The number of methoxy groups -OCH3 is 2. The molecule has 118 valence electrons. The molecule has 2 aromatic rings. The van der Waals surface area contributed by atoms with Gasteiger partial charge in [-0.2, -0.15) is 5.26 Å². The van der Waals surface area contributed by atoms with Crippen LogP contribution >= 0.6 is 11.8 Å². The van der Waals surface area contributed by atoms with Crippen molar-refractivity contribution in [1.82, 2.24) is 5.32 Å². The molecule has 0 fully saturated rings. The number of aliphatic imine (C=N–C) groups is 1. The van der Waals surface area contributed by atoms with E-state index in [9.17, 15) is 0 Å². The number of amidine groups is 1. The molecule has 0 saturated heterocycles. The van der Waals surface area contributed by atoms with Crippen molar-refractivity contribution in [1.29, 1.82) is 5.26 Å². The van der Waals surface area contributed by atoms with Gasteiger partial charge in [-0.3, -0.25) is 5.32 Å². The Balaban J connectivity index is 2.51. The Morgan fingerprint density at radius 3 is 2.52 bits per heavy atom. The number of nitrogens with zero attached hydrogens (tertiary/aromatic N) is 2. The molecule has 0 heterocycles. The summed E-state index contributed by atoms with van der Waals surface area (Å²) in [7, 11) is 3.21. The second kappa shape index (κ2) is 8.11. The van der Waals surface area contributed by atoms with Crippen molar-refractivity contribution in [3.05, 3.63) is 42.5 Å². The summed E-state index contributed by atoms with van der Waals surface area (Å²) in [6.45, 7) is 0. The summed E-state index contributed by atoms with van der Waals surface area (Å²) in [5.41, 5.74) is 2.67. The lowest BCUT2D eigenvalue weighted by atomic mass is 10.0. The van der Waals surface area contributed by atoms with Crippen LogP contribution in [0.25, 0.3) is 11.1 Å². The van der Waals surface area contributed by atoms with E-state index >= 15 is 0 Å². The molecule has 0 amide bonds. The first-order valence-electron chi connectivity index (χ1n) is 6.82. The first-order chi connectivity index (χ1) is 11.2. The number of ether oxygens (including phenoxy) is 2. The number of para-hydroxylation sites is 1. The second-order valence-corrected chi connectivity index (χ2v) is 5.24. The van der Waals surface area contributed by atoms with E-state index in [-0.39, 0.29) is 0 Å². The van der Waals surface area contributed by atoms with Crippen LogP contribution in [0.5, 0.6) is 11.5 Å². The molecule has 2 rings (SSSR count). The molecule has 6 heteroatoms. The lowest BCUT2D eigenvalue weighted by Gasteiger charge is -2.11. The molecule has 0 bridgehead atoms. The summed E-state index contributed by atoms with van der Waals surface area (Å²) in [5, 5.41) is 11.9. The van der Waals surface area contributed by atoms with E-state index in [1.165, 1.54) is 11.8 Å². The number of hydrogen-bond acceptors (Lipinski definition) is 5. The lowest BCUT2D eigenvalue weighted by molar-refractivity contribution is 0.355. The lowest BCUT2D eigenvalue weighted by Crippen LogP contribution is -2.12. The normalized spacial score (nSPS) is 10.8. The van der Waals surface area contributed by atoms with Gasteiger partial charge in [-0.05, 0) is 30.0 Å². The van der Waals surface area contributed by atoms with E-state index in [1.54, 1.807) is 14.2 Å². The summed E-state index contributed by atoms with van der Waals surface area (Å²) >= 11 is 1.38. The summed E-state index contributed by atoms with van der Waals surface area (Å²) in [4.78, 5) is 4.52. The van der Waals surface area contributed by atoms with Crippen LogP contribution in [0.4, 0.5) is 5.69 Å². The number of benzene rings is 2. The minimum Gasteiger partial charge on any atom is -0.493 e. The number of hydrogen-bond donors (Lipinski definition) is 1. The van der Waals surface area contributed by atoms with E-state index in [4.69, 9.17) is 14.7 Å². The SMILES string of the molecule is COc1ccc(-c2ccccc2N=C(NC#N)SC)cc1OC. The van der Waals surface area contributed by atoms with E-state index in [0.29, 0.717) is 16.7 Å². The molecule has 1 N–H and O–H groups in total. The van der Waals surface area contributed by atoms with Gasteiger partial charge in [0.2, 0.25) is 0 Å². The van der Waals surface area contributed by atoms with Crippen LogP contribution in [-0.2, 0) is 0 Å². The van der Waals surface area contributed by atoms with Gasteiger partial charge < -0.3 is 9.47 Å². The van der Waals surface area contributed by atoms with Crippen LogP contribution < -0.4 is 14.8 Å². The van der Waals surface area contributed by atoms with Crippen molar-refractivity contribution in [2.24, 2.45) is 4.99 Å². The highest BCUT2D eigenvalue weighted by Gasteiger charge is 2.09. The molecule has 23 heavy (non-hydrogen) atoms. The Hall–Kier alpha value is -2.65. The van der Waals surface area contributed by atoms with Crippen molar-refractivity contribution in [3.8, 4) is 28.8 Å². The standard InChI is InChI=1S/C17H17N3O2S/c1-21-15-9-8-12(10-16(15)22-2)13-6-4-5-7-14(13)20-17(23-3)19-11-18/h4-10H,1-3H3,(H,19,20). The van der Waals surface area contributed by atoms with Crippen LogP contribution in [0.1, 0.15) is 0 Å². The molecule has 0 aliphatic rings. The molecule has 0 unspecified atom stereocenters. The summed E-state index contributed by atoms with van der Waals surface area (Å²) in [6.07, 6.45) is 3.76. The smallest absolute Gasteiger partial charge is 0.183 e. The van der Waals surface area contributed by atoms with Crippen molar-refractivity contribution in [2.75, 3.05) is 20.5 Å². The van der Waals surface area contributed by atoms with Crippen LogP contribution in [0.15, 0.2) is 47.5 Å². The van der Waals surface area contributed by atoms with Gasteiger partial charge in [0, 0.05) is 5.56 Å². The summed E-state index contributed by atoms with van der Waals surface area (Å²) in [6, 6.07) is 13.5. The maximum Gasteiger partial charge on any atom is 0.183 e. The highest BCUT2D eigenvalue weighted by Crippen LogP contribution is 2.36. The predicted molar refractivity (Wildman–Crippen MR) is 94.3 cm³/mol. The zero-order valence-corrected chi connectivity index (χ0v) is 14.0. The summed E-state index contributed by atoms with van der Waals surface area (Å²) in [5.74, 6) is 1.33. The van der Waals surface area contributed by atoms with Crippen molar-refractivity contribution in [2.45, 2.75) is 0 Å². The molecule has 2 aromatic carbocycles. The fraction of sp³-hybridized carbons (Fsp3) is 0.176. The topological polar surface area (TPSA) is 66.6 Å². The third-order valence-electron chi connectivity index (χ3n) is 3.18. The molecular formula is C17H17N3O2S. The number of rotatable bonds is 4. The fourth-order valence-corrected chi connectivity index (χ4v) is 2.44. The zero-order valence-electron chi connectivity index (χ0n) is 13.2. The molecule has 0 aliphatic heterocycles. The Morgan fingerprint density at radius 1 is 1.13 bits per heavy atom. The molecule has 0 aromatic heterocycles. The molecule has 0 aliphatic carbocycles. The largest absolute Gasteiger partial charge is 0.493 e. The molecule has 0 spiro atoms. The maximum absolute atomic E-state index is 8.77. The highest BCUT2D eigenvalue weighted by atomic mass is 32.2. The van der Waals surface area contributed by atoms with E-state index < -0.39 is 0 Å². The second-order valence-electron chi connectivity index (χ2n) is 4.44. The summed E-state index contributed by atoms with van der Waals surface area (Å²) < 4.78 is 10.6. The number of thioether (sulfide) groups is 1. The van der Waals surface area contributed by atoms with Gasteiger partial charge in [0.25, 0.3) is 0 Å². The first kappa shape index (κ1) is 16.7. The maximum atomic E-state index is 8.77. The van der Waals surface area contributed by atoms with Gasteiger partial charge in [-0.15, -0.1) is 0 Å². The van der Waals surface area contributed by atoms with Crippen molar-refractivity contribution < 1.29 is 9.47 Å². The monoisotopic (exact) mass is 327 g/mol. The Morgan fingerprint density at radius 2 is 1.87 bits per heavy atom. The Bertz CT molecular complexity index is 754. The Labute approximate surface area is 140 Å². The molecule has 0 saturated carbocycles. The minimum atomic E-state index is 0.542. The van der Waals surface area contributed by atoms with Crippen molar-refractivity contribution >= 4 is 22.6 Å². The average molecular weight is 327 g/mol. The van der Waals surface area contributed by atoms with Gasteiger partial charge in [0.15, 0.2) is 22.9 Å². The third kappa shape index (κ3) is 3.96. The van der Waals surface area contributed by atoms with Gasteiger partial charge in [0.1, 0.15) is 0 Å². The Kier molecular flexibility index (Phi) is 5.89. The van der Waals surface area contributed by atoms with Gasteiger partial charge in [-0.1, -0.05) is 36.0 Å². The molecule has 0 atom stereocenters. The third-order valence-corrected chi connectivity index (χ3v) is 3.76. The quantitative estimate of drug-likeness (QED) is 0.400. The molecule has 0 radical (unpaired) electrons. The highest BCUT2D eigenvalue weighted by molar-refractivity contribution is 8.13. The van der Waals surface area contributed by atoms with Gasteiger partial charge in [-0.25, -0.2) is 4.99 Å². The van der Waals surface area contributed by atoms with E-state index in [0.717, 1.165) is 16.8 Å². The minimum absolute atomic E-state index is 0.542. The first-order valence-corrected chi connectivity index (χ1v) is 8.05. The van der Waals surface area contributed by atoms with Crippen molar-refractivity contribution in [3.63, 3.8) is 0 Å². The average Bonchev–Trinajstić information content (AvgIpc) is 2.61. The zero-order chi connectivity index (χ0) is 16.7. The van der Waals surface area contributed by atoms with E-state index in [1.807, 2.05) is 54.9 Å². The number of nitriles is 1. The van der Waals surface area contributed by atoms with E-state index in [2.05, 4.69) is 10.3 Å². The van der Waals surface area contributed by atoms with Gasteiger partial charge in [0.05, 0.1) is 19.9 Å². The van der Waals surface area contributed by atoms with Crippen LogP contribution in [0, 0.1) is 11.5 Å². The number of nitrogens with one attached hydrogen (secondary N) is 1. The van der Waals surface area contributed by atoms with Crippen LogP contribution in [0.2, 0.25) is 0 Å². The predicted octanol–water partition coefficient (Wildman–Crippen LogP) is 3.79. The van der Waals surface area contributed by atoms with Crippen LogP contribution in [0.3, 0.4) is 0 Å². The fourth-order valence-electron chi connectivity index (χ4n) is 2.10. The van der Waals surface area contributed by atoms with Gasteiger partial charge >= 0.3 is 0 Å². The van der Waals surface area contributed by atoms with Crippen LogP contribution in [-0.4, -0.2) is 25.6 Å². The molecular weight excluding hydrogens is 310 g/mol. The molecule has 5 nitrogen and oxygen atoms in total.